The third-order valence-corrected chi connectivity index (χ3v) is 4.40. The molecule has 0 bridgehead atoms. The van der Waals surface area contributed by atoms with Crippen LogP contribution < -0.4 is 14.8 Å². The minimum absolute atomic E-state index is 0.127. The second-order valence-electron chi connectivity index (χ2n) is 5.29. The summed E-state index contributed by atoms with van der Waals surface area (Å²) in [5.41, 5.74) is 0.963. The van der Waals surface area contributed by atoms with E-state index in [1.165, 1.54) is 24.3 Å². The minimum Gasteiger partial charge on any atom is -0.483 e. The number of carbonyl (C=O) groups is 2. The Hall–Kier alpha value is -2.91. The molecule has 2 aromatic carbocycles. The van der Waals surface area contributed by atoms with Gasteiger partial charge in [-0.3, -0.25) is 4.79 Å². The van der Waals surface area contributed by atoms with Crippen molar-refractivity contribution in [2.75, 3.05) is 18.6 Å². The van der Waals surface area contributed by atoms with Crippen LogP contribution >= 0.6 is 0 Å². The molecule has 0 saturated heterocycles. The number of imide groups is 1. The molecule has 2 amide bonds. The number of para-hydroxylation sites is 1. The molecule has 0 saturated carbocycles. The van der Waals surface area contributed by atoms with Crippen LogP contribution in [0.25, 0.3) is 0 Å². The molecule has 0 fully saturated rings. The van der Waals surface area contributed by atoms with Gasteiger partial charge < -0.3 is 9.47 Å². The van der Waals surface area contributed by atoms with E-state index in [1.54, 1.807) is 12.1 Å². The van der Waals surface area contributed by atoms with Crippen molar-refractivity contribution in [2.45, 2.75) is 11.8 Å². The summed E-state index contributed by atoms with van der Waals surface area (Å²) in [4.78, 5) is 25.1. The van der Waals surface area contributed by atoms with Crippen molar-refractivity contribution in [1.82, 2.24) is 0 Å². The number of carbonyl (C=O) groups excluding carboxylic acids is 2. The van der Waals surface area contributed by atoms with E-state index in [9.17, 15) is 18.0 Å². The lowest BCUT2D eigenvalue weighted by molar-refractivity contribution is -0.120. The number of nitrogens with two attached hydrogens (primary N) is 1. The molecular weight excluding hydrogens is 360 g/mol. The molecule has 0 heterocycles. The zero-order chi connectivity index (χ0) is 19.3. The Morgan fingerprint density at radius 2 is 1.69 bits per heavy atom. The van der Waals surface area contributed by atoms with Crippen LogP contribution in [0, 0.1) is 6.92 Å². The fourth-order valence-corrected chi connectivity index (χ4v) is 2.67. The van der Waals surface area contributed by atoms with Crippen LogP contribution in [0.5, 0.6) is 5.75 Å². The Morgan fingerprint density at radius 1 is 1.08 bits per heavy atom. The van der Waals surface area contributed by atoms with Gasteiger partial charge in [0, 0.05) is 0 Å². The number of nitrogens with zero attached hydrogens (tertiary/aromatic N) is 1. The largest absolute Gasteiger partial charge is 0.483 e. The van der Waals surface area contributed by atoms with Crippen LogP contribution in [0.1, 0.15) is 5.56 Å². The van der Waals surface area contributed by atoms with Crippen LogP contribution in [0.3, 0.4) is 0 Å². The molecule has 9 heteroatoms. The van der Waals surface area contributed by atoms with Crippen molar-refractivity contribution in [1.29, 1.82) is 0 Å². The highest BCUT2D eigenvalue weighted by atomic mass is 32.2. The molecule has 2 N–H and O–H groups in total. The zero-order valence-electron chi connectivity index (χ0n) is 14.2. The van der Waals surface area contributed by atoms with Crippen molar-refractivity contribution in [3.8, 4) is 5.75 Å². The molecule has 8 nitrogen and oxygen atoms in total. The lowest BCUT2D eigenvalue weighted by Gasteiger charge is -2.20. The normalized spacial score (nSPS) is 10.9. The number of amides is 2. The first-order valence-corrected chi connectivity index (χ1v) is 9.01. The van der Waals surface area contributed by atoms with E-state index < -0.39 is 28.6 Å². The zero-order valence-corrected chi connectivity index (χ0v) is 15.0. The molecule has 0 unspecified atom stereocenters. The number of ether oxygens (including phenoxy) is 2. The highest BCUT2D eigenvalue weighted by Crippen LogP contribution is 2.20. The van der Waals surface area contributed by atoms with E-state index >= 15 is 0 Å². The number of primary sulfonamides is 1. The van der Waals surface area contributed by atoms with E-state index in [4.69, 9.17) is 9.88 Å². The maximum atomic E-state index is 12.5. The number of sulfonamides is 1. The molecule has 0 aliphatic rings. The second kappa shape index (κ2) is 7.98. The lowest BCUT2D eigenvalue weighted by Crippen LogP contribution is -2.40. The van der Waals surface area contributed by atoms with Crippen molar-refractivity contribution in [2.24, 2.45) is 5.14 Å². The second-order valence-corrected chi connectivity index (χ2v) is 6.85. The maximum Gasteiger partial charge on any atom is 0.421 e. The number of methoxy groups -OCH3 is 1. The lowest BCUT2D eigenvalue weighted by atomic mass is 10.2. The first kappa shape index (κ1) is 19.4. The Bertz CT molecular complexity index is 909. The molecule has 138 valence electrons. The fraction of sp³-hybridized carbons (Fsp3) is 0.176. The summed E-state index contributed by atoms with van der Waals surface area (Å²) in [6, 6.07) is 12.1. The smallest absolute Gasteiger partial charge is 0.421 e. The van der Waals surface area contributed by atoms with Gasteiger partial charge in [0.15, 0.2) is 6.61 Å². The van der Waals surface area contributed by atoms with Gasteiger partial charge in [0.1, 0.15) is 5.75 Å². The van der Waals surface area contributed by atoms with Crippen LogP contribution in [0.15, 0.2) is 53.4 Å². The monoisotopic (exact) mass is 378 g/mol. The van der Waals surface area contributed by atoms with Crippen molar-refractivity contribution in [3.63, 3.8) is 0 Å². The number of aryl methyl sites for hydroxylation is 1. The van der Waals surface area contributed by atoms with Crippen LogP contribution in [-0.4, -0.2) is 34.1 Å². The third kappa shape index (κ3) is 4.58. The summed E-state index contributed by atoms with van der Waals surface area (Å²) in [6.07, 6.45) is -0.924. The van der Waals surface area contributed by atoms with Gasteiger partial charge in [-0.1, -0.05) is 18.2 Å². The predicted octanol–water partition coefficient (Wildman–Crippen LogP) is 1.82. The van der Waals surface area contributed by atoms with E-state index in [2.05, 4.69) is 4.74 Å². The van der Waals surface area contributed by atoms with Gasteiger partial charge in [-0.25, -0.2) is 23.3 Å². The van der Waals surface area contributed by atoms with Crippen LogP contribution in [0.2, 0.25) is 0 Å². The Morgan fingerprint density at radius 3 is 2.23 bits per heavy atom. The predicted molar refractivity (Wildman–Crippen MR) is 94.4 cm³/mol. The molecule has 2 rings (SSSR count). The SMILES string of the molecule is COC(=O)N(C(=O)COc1ccccc1C)c1ccc(S(N)(=O)=O)cc1. The molecule has 2 aromatic rings. The molecule has 0 aromatic heterocycles. The Labute approximate surface area is 151 Å². The molecule has 26 heavy (non-hydrogen) atoms. The van der Waals surface area contributed by atoms with Gasteiger partial charge in [-0.05, 0) is 42.8 Å². The van der Waals surface area contributed by atoms with Gasteiger partial charge in [0.05, 0.1) is 17.7 Å². The van der Waals surface area contributed by atoms with Gasteiger partial charge in [-0.15, -0.1) is 0 Å². The van der Waals surface area contributed by atoms with Gasteiger partial charge in [0.25, 0.3) is 5.91 Å². The van der Waals surface area contributed by atoms with Crippen LogP contribution in [-0.2, 0) is 19.6 Å². The number of rotatable bonds is 5. The number of benzene rings is 2. The van der Waals surface area contributed by atoms with Crippen molar-refractivity contribution < 1.29 is 27.5 Å². The summed E-state index contributed by atoms with van der Waals surface area (Å²) in [5.74, 6) is -0.168. The summed E-state index contributed by atoms with van der Waals surface area (Å²) in [6.45, 7) is 1.42. The molecule has 0 spiro atoms. The third-order valence-electron chi connectivity index (χ3n) is 3.47. The van der Waals surface area contributed by atoms with E-state index in [-0.39, 0.29) is 10.6 Å². The van der Waals surface area contributed by atoms with Gasteiger partial charge in [0.2, 0.25) is 10.0 Å². The van der Waals surface area contributed by atoms with Gasteiger partial charge >= 0.3 is 6.09 Å². The Kier molecular flexibility index (Phi) is 5.96. The molecule has 0 radical (unpaired) electrons. The highest BCUT2D eigenvalue weighted by Gasteiger charge is 2.25. The Balaban J connectivity index is 2.23. The molecule has 0 atom stereocenters. The summed E-state index contributed by atoms with van der Waals surface area (Å²) in [5, 5.41) is 5.04. The maximum absolute atomic E-state index is 12.5. The first-order chi connectivity index (χ1) is 12.2. The quantitative estimate of drug-likeness (QED) is 0.848. The first-order valence-electron chi connectivity index (χ1n) is 7.46. The van der Waals surface area contributed by atoms with E-state index in [1.807, 2.05) is 19.1 Å². The number of hydrogen-bond donors (Lipinski definition) is 1. The topological polar surface area (TPSA) is 116 Å². The average molecular weight is 378 g/mol. The number of hydrogen-bond acceptors (Lipinski definition) is 6. The summed E-state index contributed by atoms with van der Waals surface area (Å²) in [7, 11) is -2.76. The van der Waals surface area contributed by atoms with Crippen molar-refractivity contribution >= 4 is 27.7 Å². The van der Waals surface area contributed by atoms with E-state index in [0.717, 1.165) is 17.6 Å². The highest BCUT2D eigenvalue weighted by molar-refractivity contribution is 7.89. The van der Waals surface area contributed by atoms with Gasteiger partial charge in [-0.2, -0.15) is 0 Å². The van der Waals surface area contributed by atoms with Crippen LogP contribution in [0.4, 0.5) is 10.5 Å². The molecule has 0 aliphatic heterocycles. The average Bonchev–Trinajstić information content (AvgIpc) is 2.60. The fourth-order valence-electron chi connectivity index (χ4n) is 2.15. The standard InChI is InChI=1S/C17H18N2O6S/c1-12-5-3-4-6-15(12)25-11-16(20)19(17(21)24-2)13-7-9-14(10-8-13)26(18,22)23/h3-10H,11H2,1-2H3,(H2,18,22,23). The molecular formula is C17H18N2O6S. The minimum atomic E-state index is -3.89. The molecule has 0 aliphatic carbocycles. The summed E-state index contributed by atoms with van der Waals surface area (Å²) < 4.78 is 32.7. The van der Waals surface area contributed by atoms with Crippen molar-refractivity contribution in [3.05, 3.63) is 54.1 Å². The number of anilines is 1. The summed E-state index contributed by atoms with van der Waals surface area (Å²) >= 11 is 0. The van der Waals surface area contributed by atoms with E-state index in [0.29, 0.717) is 5.75 Å².